The van der Waals surface area contributed by atoms with Crippen LogP contribution in [0.3, 0.4) is 0 Å². The summed E-state index contributed by atoms with van der Waals surface area (Å²) in [5, 5.41) is 2.64. The van der Waals surface area contributed by atoms with Gasteiger partial charge in [-0.15, -0.1) is 0 Å². The number of benzene rings is 2. The molecule has 2 aromatic rings. The first-order chi connectivity index (χ1) is 12.9. The van der Waals surface area contributed by atoms with Crippen LogP contribution in [0.5, 0.6) is 11.5 Å². The quantitative estimate of drug-likeness (QED) is 0.644. The van der Waals surface area contributed by atoms with E-state index < -0.39 is 18.0 Å². The van der Waals surface area contributed by atoms with Crippen LogP contribution in [0.2, 0.25) is 0 Å². The highest BCUT2D eigenvalue weighted by molar-refractivity contribution is 5.98. The Morgan fingerprint density at radius 1 is 0.963 bits per heavy atom. The molecule has 7 nitrogen and oxygen atoms in total. The molecule has 3 rings (SSSR count). The molecule has 0 spiro atoms. The number of amides is 1. The molecule has 2 aromatic carbocycles. The molecule has 0 saturated heterocycles. The van der Waals surface area contributed by atoms with Crippen molar-refractivity contribution in [2.45, 2.75) is 20.0 Å². The van der Waals surface area contributed by atoms with Crippen molar-refractivity contribution >= 4 is 23.3 Å². The maximum Gasteiger partial charge on any atom is 0.339 e. The van der Waals surface area contributed by atoms with Crippen LogP contribution in [0.4, 0.5) is 5.69 Å². The lowest BCUT2D eigenvalue weighted by atomic mass is 10.1. The van der Waals surface area contributed by atoms with Crippen LogP contribution in [0.1, 0.15) is 34.6 Å². The molecule has 1 N–H and O–H groups in total. The van der Waals surface area contributed by atoms with E-state index in [-0.39, 0.29) is 11.3 Å². The van der Waals surface area contributed by atoms with Crippen LogP contribution in [-0.4, -0.2) is 37.0 Å². The maximum atomic E-state index is 12.3. The molecule has 0 fully saturated rings. The lowest BCUT2D eigenvalue weighted by Gasteiger charge is -2.19. The van der Waals surface area contributed by atoms with Gasteiger partial charge >= 0.3 is 5.97 Å². The number of anilines is 1. The highest BCUT2D eigenvalue weighted by Gasteiger charge is 2.21. The third-order valence-electron chi connectivity index (χ3n) is 3.99. The molecule has 0 aliphatic carbocycles. The highest BCUT2D eigenvalue weighted by Crippen LogP contribution is 2.31. The van der Waals surface area contributed by atoms with Crippen molar-refractivity contribution in [3.8, 4) is 11.5 Å². The van der Waals surface area contributed by atoms with Crippen LogP contribution in [-0.2, 0) is 9.53 Å². The fourth-order valence-electron chi connectivity index (χ4n) is 2.48. The zero-order valence-electron chi connectivity index (χ0n) is 15.0. The number of hydrogen-bond acceptors (Lipinski definition) is 6. The first-order valence-corrected chi connectivity index (χ1v) is 8.46. The molecule has 1 amide bonds. The Hall–Kier alpha value is -3.35. The van der Waals surface area contributed by atoms with Gasteiger partial charge in [0.1, 0.15) is 13.2 Å². The number of hydrogen-bond donors (Lipinski definition) is 1. The summed E-state index contributed by atoms with van der Waals surface area (Å²) in [5.41, 5.74) is 1.32. The standard InChI is InChI=1S/C20H19NO6/c1-12(22)14-3-6-16(7-4-14)21-19(23)13(2)27-20(24)15-5-8-17-18(11-15)26-10-9-25-17/h3-8,11,13H,9-10H2,1-2H3,(H,21,23)/t13-/m0/s1. The van der Waals surface area contributed by atoms with Crippen molar-refractivity contribution in [3.63, 3.8) is 0 Å². The minimum Gasteiger partial charge on any atom is -0.486 e. The highest BCUT2D eigenvalue weighted by atomic mass is 16.6. The first-order valence-electron chi connectivity index (χ1n) is 8.46. The zero-order valence-corrected chi connectivity index (χ0v) is 15.0. The zero-order chi connectivity index (χ0) is 19.4. The molecule has 0 unspecified atom stereocenters. The Labute approximate surface area is 156 Å². The van der Waals surface area contributed by atoms with Gasteiger partial charge in [0.25, 0.3) is 5.91 Å². The second-order valence-corrected chi connectivity index (χ2v) is 6.03. The third kappa shape index (κ3) is 4.44. The van der Waals surface area contributed by atoms with E-state index in [2.05, 4.69) is 5.32 Å². The van der Waals surface area contributed by atoms with Crippen LogP contribution < -0.4 is 14.8 Å². The number of rotatable bonds is 5. The lowest BCUT2D eigenvalue weighted by molar-refractivity contribution is -0.123. The van der Waals surface area contributed by atoms with Crippen LogP contribution >= 0.6 is 0 Å². The van der Waals surface area contributed by atoms with E-state index in [9.17, 15) is 14.4 Å². The predicted octanol–water partition coefficient (Wildman–Crippen LogP) is 2.84. The van der Waals surface area contributed by atoms with Gasteiger partial charge in [0.2, 0.25) is 0 Å². The second-order valence-electron chi connectivity index (χ2n) is 6.03. The normalized spacial score (nSPS) is 13.4. The van der Waals surface area contributed by atoms with Crippen molar-refractivity contribution < 1.29 is 28.6 Å². The van der Waals surface area contributed by atoms with Crippen molar-refractivity contribution in [2.24, 2.45) is 0 Å². The molecule has 1 atom stereocenters. The van der Waals surface area contributed by atoms with Gasteiger partial charge in [-0.05, 0) is 56.3 Å². The van der Waals surface area contributed by atoms with Crippen molar-refractivity contribution in [1.82, 2.24) is 0 Å². The van der Waals surface area contributed by atoms with E-state index in [4.69, 9.17) is 14.2 Å². The fraction of sp³-hybridized carbons (Fsp3) is 0.250. The van der Waals surface area contributed by atoms with Gasteiger partial charge in [-0.3, -0.25) is 9.59 Å². The summed E-state index contributed by atoms with van der Waals surface area (Å²) in [6.07, 6.45) is -1.00. The summed E-state index contributed by atoms with van der Waals surface area (Å²) in [5.74, 6) is -0.136. The van der Waals surface area contributed by atoms with Gasteiger partial charge < -0.3 is 19.5 Å². The average molecular weight is 369 g/mol. The van der Waals surface area contributed by atoms with E-state index in [0.29, 0.717) is 36.0 Å². The number of ketones is 1. The molecule has 0 bridgehead atoms. The maximum absolute atomic E-state index is 12.3. The SMILES string of the molecule is CC(=O)c1ccc(NC(=O)[C@H](C)OC(=O)c2ccc3c(c2)OCCO3)cc1. The molecular weight excluding hydrogens is 350 g/mol. The minimum absolute atomic E-state index is 0.0606. The topological polar surface area (TPSA) is 90.9 Å². The molecule has 7 heteroatoms. The number of carbonyl (C=O) groups excluding carboxylic acids is 3. The van der Waals surface area contributed by atoms with E-state index in [1.165, 1.54) is 19.9 Å². The summed E-state index contributed by atoms with van der Waals surface area (Å²) in [7, 11) is 0. The van der Waals surface area contributed by atoms with E-state index in [0.717, 1.165) is 0 Å². The summed E-state index contributed by atoms with van der Waals surface area (Å²) >= 11 is 0. The largest absolute Gasteiger partial charge is 0.486 e. The van der Waals surface area contributed by atoms with E-state index >= 15 is 0 Å². The number of carbonyl (C=O) groups is 3. The number of fused-ring (bicyclic) bond motifs is 1. The van der Waals surface area contributed by atoms with Crippen LogP contribution in [0.15, 0.2) is 42.5 Å². The number of Topliss-reactive ketones (excluding diaryl/α,β-unsaturated/α-hetero) is 1. The van der Waals surface area contributed by atoms with Gasteiger partial charge in [-0.25, -0.2) is 4.79 Å². The Balaban J connectivity index is 1.60. The van der Waals surface area contributed by atoms with Gasteiger partial charge in [0.05, 0.1) is 5.56 Å². The second kappa shape index (κ2) is 7.90. The lowest BCUT2D eigenvalue weighted by Crippen LogP contribution is -2.30. The van der Waals surface area contributed by atoms with E-state index in [1.54, 1.807) is 36.4 Å². The monoisotopic (exact) mass is 369 g/mol. The van der Waals surface area contributed by atoms with Crippen molar-refractivity contribution in [1.29, 1.82) is 0 Å². The summed E-state index contributed by atoms with van der Waals surface area (Å²) < 4.78 is 16.1. The van der Waals surface area contributed by atoms with E-state index in [1.807, 2.05) is 0 Å². The Kier molecular flexibility index (Phi) is 5.40. The van der Waals surface area contributed by atoms with Crippen LogP contribution in [0, 0.1) is 0 Å². The fourth-order valence-corrected chi connectivity index (χ4v) is 2.48. The van der Waals surface area contributed by atoms with Gasteiger partial charge in [0.15, 0.2) is 23.4 Å². The number of esters is 1. The number of ether oxygens (including phenoxy) is 3. The molecular formula is C20H19NO6. The summed E-state index contributed by atoms with van der Waals surface area (Å²) in [4.78, 5) is 35.8. The molecule has 0 radical (unpaired) electrons. The third-order valence-corrected chi connectivity index (χ3v) is 3.99. The molecule has 27 heavy (non-hydrogen) atoms. The van der Waals surface area contributed by atoms with Gasteiger partial charge in [-0.1, -0.05) is 0 Å². The van der Waals surface area contributed by atoms with Gasteiger partial charge in [-0.2, -0.15) is 0 Å². The van der Waals surface area contributed by atoms with Crippen LogP contribution in [0.25, 0.3) is 0 Å². The Bertz CT molecular complexity index is 875. The average Bonchev–Trinajstić information content (AvgIpc) is 2.67. The predicted molar refractivity (Wildman–Crippen MR) is 97.4 cm³/mol. The smallest absolute Gasteiger partial charge is 0.339 e. The molecule has 1 aliphatic rings. The first kappa shape index (κ1) is 18.4. The number of nitrogens with one attached hydrogen (secondary N) is 1. The molecule has 140 valence electrons. The van der Waals surface area contributed by atoms with Gasteiger partial charge in [0, 0.05) is 11.3 Å². The summed E-state index contributed by atoms with van der Waals surface area (Å²) in [6, 6.07) is 11.2. The Morgan fingerprint density at radius 3 is 2.26 bits per heavy atom. The molecule has 0 saturated carbocycles. The van der Waals surface area contributed by atoms with Crippen molar-refractivity contribution in [2.75, 3.05) is 18.5 Å². The Morgan fingerprint density at radius 2 is 1.59 bits per heavy atom. The molecule has 0 aromatic heterocycles. The van der Waals surface area contributed by atoms with Crippen molar-refractivity contribution in [3.05, 3.63) is 53.6 Å². The minimum atomic E-state index is -1.00. The molecule has 1 heterocycles. The summed E-state index contributed by atoms with van der Waals surface area (Å²) in [6.45, 7) is 3.82. The molecule has 1 aliphatic heterocycles.